The number of rotatable bonds is 11. The SMILES string of the molecule is COC(=O)N[C@H](C(=O)Nc1cccc(F)c1CC[C@H]1CNC[C@H](C)N1S(=O)(=O)C1CC1)C(c1ccc(Cl)cc1)C(C)C. The van der Waals surface area contributed by atoms with Crippen molar-refractivity contribution >= 4 is 39.3 Å². The van der Waals surface area contributed by atoms with Crippen molar-refractivity contribution in [3.63, 3.8) is 0 Å². The maximum Gasteiger partial charge on any atom is 0.407 e. The van der Waals surface area contributed by atoms with Crippen molar-refractivity contribution in [2.75, 3.05) is 25.5 Å². The van der Waals surface area contributed by atoms with E-state index in [1.165, 1.54) is 19.2 Å². The van der Waals surface area contributed by atoms with Gasteiger partial charge in [0.2, 0.25) is 15.9 Å². The fourth-order valence-corrected chi connectivity index (χ4v) is 8.20. The number of nitrogens with zero attached hydrogens (tertiary/aromatic N) is 1. The maximum absolute atomic E-state index is 15.3. The van der Waals surface area contributed by atoms with Crippen molar-refractivity contribution in [3.05, 3.63) is 64.4 Å². The molecule has 0 radical (unpaired) electrons. The van der Waals surface area contributed by atoms with E-state index in [-0.39, 0.29) is 40.9 Å². The van der Waals surface area contributed by atoms with Gasteiger partial charge in [-0.1, -0.05) is 43.6 Å². The van der Waals surface area contributed by atoms with Crippen LogP contribution in [0.3, 0.4) is 0 Å². The van der Waals surface area contributed by atoms with Crippen molar-refractivity contribution in [2.24, 2.45) is 5.92 Å². The summed E-state index contributed by atoms with van der Waals surface area (Å²) in [5.74, 6) is -1.57. The lowest BCUT2D eigenvalue weighted by Gasteiger charge is -2.40. The molecule has 2 aromatic rings. The first-order chi connectivity index (χ1) is 19.9. The third kappa shape index (κ3) is 7.42. The molecule has 42 heavy (non-hydrogen) atoms. The summed E-state index contributed by atoms with van der Waals surface area (Å²) in [4.78, 5) is 26.1. The van der Waals surface area contributed by atoms with Crippen LogP contribution in [0, 0.1) is 11.7 Å². The van der Waals surface area contributed by atoms with E-state index < -0.39 is 39.8 Å². The molecule has 0 bridgehead atoms. The highest BCUT2D eigenvalue weighted by Crippen LogP contribution is 2.35. The van der Waals surface area contributed by atoms with E-state index in [4.69, 9.17) is 16.3 Å². The van der Waals surface area contributed by atoms with Gasteiger partial charge in [-0.05, 0) is 68.4 Å². The molecule has 230 valence electrons. The lowest BCUT2D eigenvalue weighted by Crippen LogP contribution is -2.59. The number of amides is 2. The van der Waals surface area contributed by atoms with Crippen LogP contribution in [0.1, 0.15) is 57.1 Å². The van der Waals surface area contributed by atoms with Gasteiger partial charge in [0, 0.05) is 47.4 Å². The van der Waals surface area contributed by atoms with Crippen LogP contribution in [0.2, 0.25) is 5.02 Å². The fraction of sp³-hybridized carbons (Fsp3) is 0.533. The molecule has 0 aromatic heterocycles. The predicted octanol–water partition coefficient (Wildman–Crippen LogP) is 4.67. The number of piperazine rings is 1. The van der Waals surface area contributed by atoms with Gasteiger partial charge < -0.3 is 20.7 Å². The smallest absolute Gasteiger partial charge is 0.407 e. The Labute approximate surface area is 252 Å². The van der Waals surface area contributed by atoms with E-state index in [0.717, 1.165) is 5.56 Å². The number of benzene rings is 2. The monoisotopic (exact) mass is 622 g/mol. The number of ether oxygens (including phenoxy) is 1. The molecule has 1 saturated heterocycles. The van der Waals surface area contributed by atoms with Gasteiger partial charge in [0.25, 0.3) is 0 Å². The van der Waals surface area contributed by atoms with E-state index in [0.29, 0.717) is 37.4 Å². The standard InChI is InChI=1S/C30H40ClFN4O5S/c1-18(2)27(20-8-10-21(31)11-9-20)28(35-30(38)41-4)29(37)34-26-7-5-6-25(32)24(26)15-12-22-17-33-16-19(3)36(22)42(39,40)23-13-14-23/h5-11,18-19,22-23,27-28,33H,12-17H2,1-4H3,(H,34,37)(H,35,38)/t19-,22-,27?,28-/m0/s1. The number of sulfonamides is 1. The Kier molecular flexibility index (Phi) is 10.5. The Balaban J connectivity index is 1.58. The van der Waals surface area contributed by atoms with Crippen molar-refractivity contribution < 1.29 is 27.1 Å². The molecule has 2 aromatic carbocycles. The lowest BCUT2D eigenvalue weighted by atomic mass is 9.82. The molecule has 4 rings (SSSR count). The summed E-state index contributed by atoms with van der Waals surface area (Å²) in [7, 11) is -2.22. The largest absolute Gasteiger partial charge is 0.453 e. The minimum atomic E-state index is -3.43. The molecule has 2 amide bonds. The Hall–Kier alpha value is -2.73. The summed E-state index contributed by atoms with van der Waals surface area (Å²) >= 11 is 6.09. The summed E-state index contributed by atoms with van der Waals surface area (Å²) in [6.45, 7) is 6.78. The molecule has 12 heteroatoms. The summed E-state index contributed by atoms with van der Waals surface area (Å²) in [6, 6.07) is 9.89. The molecular weight excluding hydrogens is 583 g/mol. The highest BCUT2D eigenvalue weighted by atomic mass is 35.5. The number of alkyl carbamates (subject to hydrolysis) is 1. The Morgan fingerprint density at radius 2 is 1.83 bits per heavy atom. The number of halogens is 2. The minimum absolute atomic E-state index is 0.0775. The van der Waals surface area contributed by atoms with Crippen LogP contribution in [-0.2, 0) is 26.0 Å². The fourth-order valence-electron chi connectivity index (χ4n) is 5.83. The summed E-state index contributed by atoms with van der Waals surface area (Å²) in [5, 5.41) is 9.00. The third-order valence-electron chi connectivity index (χ3n) is 8.03. The van der Waals surface area contributed by atoms with Gasteiger partial charge in [-0.25, -0.2) is 17.6 Å². The Bertz CT molecular complexity index is 1370. The van der Waals surface area contributed by atoms with Crippen LogP contribution in [0.25, 0.3) is 0 Å². The van der Waals surface area contributed by atoms with Crippen LogP contribution in [0.5, 0.6) is 0 Å². The molecule has 1 unspecified atom stereocenters. The van der Waals surface area contributed by atoms with E-state index in [1.54, 1.807) is 34.6 Å². The van der Waals surface area contributed by atoms with E-state index in [9.17, 15) is 18.0 Å². The number of nitrogens with one attached hydrogen (secondary N) is 3. The van der Waals surface area contributed by atoms with Crippen molar-refractivity contribution in [1.29, 1.82) is 0 Å². The number of anilines is 1. The van der Waals surface area contributed by atoms with Gasteiger partial charge in [0.05, 0.1) is 12.4 Å². The van der Waals surface area contributed by atoms with Gasteiger partial charge >= 0.3 is 6.09 Å². The summed E-state index contributed by atoms with van der Waals surface area (Å²) < 4.78 is 48.1. The Morgan fingerprint density at radius 1 is 1.14 bits per heavy atom. The van der Waals surface area contributed by atoms with Crippen LogP contribution in [0.15, 0.2) is 42.5 Å². The topological polar surface area (TPSA) is 117 Å². The molecule has 1 aliphatic carbocycles. The molecule has 0 spiro atoms. The van der Waals surface area contributed by atoms with E-state index >= 15 is 4.39 Å². The van der Waals surface area contributed by atoms with Crippen LogP contribution >= 0.6 is 11.6 Å². The number of hydrogen-bond acceptors (Lipinski definition) is 6. The minimum Gasteiger partial charge on any atom is -0.453 e. The van der Waals surface area contributed by atoms with Gasteiger partial charge in [-0.2, -0.15) is 4.31 Å². The zero-order chi connectivity index (χ0) is 30.6. The highest BCUT2D eigenvalue weighted by molar-refractivity contribution is 7.90. The highest BCUT2D eigenvalue weighted by Gasteiger charge is 2.45. The third-order valence-corrected chi connectivity index (χ3v) is 10.8. The Morgan fingerprint density at radius 3 is 2.45 bits per heavy atom. The molecule has 4 atom stereocenters. The average Bonchev–Trinajstić information content (AvgIpc) is 3.79. The van der Waals surface area contributed by atoms with Gasteiger partial charge in [0.15, 0.2) is 0 Å². The van der Waals surface area contributed by atoms with Crippen LogP contribution in [-0.4, -0.2) is 68.3 Å². The van der Waals surface area contributed by atoms with Crippen LogP contribution < -0.4 is 16.0 Å². The van der Waals surface area contributed by atoms with Crippen LogP contribution in [0.4, 0.5) is 14.9 Å². The first-order valence-electron chi connectivity index (χ1n) is 14.3. The molecule has 1 heterocycles. The van der Waals surface area contributed by atoms with Gasteiger partial charge in [-0.15, -0.1) is 0 Å². The molecule has 2 aliphatic rings. The summed E-state index contributed by atoms with van der Waals surface area (Å²) in [6.07, 6.45) is 1.14. The first-order valence-corrected chi connectivity index (χ1v) is 16.2. The maximum atomic E-state index is 15.3. The zero-order valence-corrected chi connectivity index (χ0v) is 26.0. The van der Waals surface area contributed by atoms with E-state index in [1.807, 2.05) is 20.8 Å². The average molecular weight is 623 g/mol. The number of methoxy groups -OCH3 is 1. The molecule has 1 saturated carbocycles. The predicted molar refractivity (Wildman–Crippen MR) is 162 cm³/mol. The van der Waals surface area contributed by atoms with Gasteiger partial charge in [-0.3, -0.25) is 4.79 Å². The number of hydrogen-bond donors (Lipinski definition) is 3. The van der Waals surface area contributed by atoms with E-state index in [2.05, 4.69) is 16.0 Å². The first kappa shape index (κ1) is 32.2. The van der Waals surface area contributed by atoms with Crippen molar-refractivity contribution in [1.82, 2.24) is 14.9 Å². The second-order valence-corrected chi connectivity index (χ2v) is 14.0. The lowest BCUT2D eigenvalue weighted by molar-refractivity contribution is -0.118. The molecule has 3 N–H and O–H groups in total. The normalized spacial score (nSPS) is 21.0. The number of carbonyl (C=O) groups is 2. The zero-order valence-electron chi connectivity index (χ0n) is 24.4. The second-order valence-electron chi connectivity index (χ2n) is 11.5. The van der Waals surface area contributed by atoms with Crippen molar-refractivity contribution in [3.8, 4) is 0 Å². The molecule has 2 fully saturated rings. The number of carbonyl (C=O) groups excluding carboxylic acids is 2. The molecule has 1 aliphatic heterocycles. The van der Waals surface area contributed by atoms with Gasteiger partial charge in [0.1, 0.15) is 11.9 Å². The molecule has 9 nitrogen and oxygen atoms in total. The summed E-state index contributed by atoms with van der Waals surface area (Å²) in [5.41, 5.74) is 1.34. The molecular formula is C30H40ClFN4O5S. The second kappa shape index (κ2) is 13.7. The quantitative estimate of drug-likeness (QED) is 0.335. The van der Waals surface area contributed by atoms with Crippen molar-refractivity contribution in [2.45, 2.75) is 75.7 Å².